The van der Waals surface area contributed by atoms with Crippen molar-refractivity contribution in [2.45, 2.75) is 309 Å². The molecule has 0 atom stereocenters. The molecule has 0 aliphatic heterocycles. The van der Waals surface area contributed by atoms with Crippen LogP contribution in [0.2, 0.25) is 0 Å². The Morgan fingerprint density at radius 2 is 0.321 bits per heavy atom. The zero-order chi connectivity index (χ0) is 37.9. The van der Waals surface area contributed by atoms with E-state index < -0.39 is 0 Å². The van der Waals surface area contributed by atoms with E-state index >= 15 is 0 Å². The van der Waals surface area contributed by atoms with Crippen LogP contribution < -0.4 is 0 Å². The molecule has 0 aromatic carbocycles. The summed E-state index contributed by atoms with van der Waals surface area (Å²) in [5.41, 5.74) is 0. The van der Waals surface area contributed by atoms with Crippen molar-refractivity contribution in [1.82, 2.24) is 0 Å². The Labute approximate surface area is 349 Å². The van der Waals surface area contributed by atoms with Crippen molar-refractivity contribution in [3.63, 3.8) is 0 Å². The molecule has 320 valence electrons. The van der Waals surface area contributed by atoms with Gasteiger partial charge in [-0.1, -0.05) is 309 Å². The first-order valence-electron chi connectivity index (χ1n) is 24.9. The molecular weight excluding hydrogens is 683 g/mol. The van der Waals surface area contributed by atoms with Crippen LogP contribution in [0.25, 0.3) is 0 Å². The van der Waals surface area contributed by atoms with Gasteiger partial charge in [0.25, 0.3) is 0 Å². The van der Waals surface area contributed by atoms with Crippen molar-refractivity contribution in [2.75, 3.05) is 0 Å². The average molecular weight is 786 g/mol. The molecule has 0 bridgehead atoms. The number of hydrogen-bond donors (Lipinski definition) is 0. The molecule has 0 saturated carbocycles. The molecule has 0 saturated heterocycles. The molecule has 0 amide bonds. The van der Waals surface area contributed by atoms with Gasteiger partial charge >= 0.3 is 16.5 Å². The Morgan fingerprint density at radius 1 is 0.208 bits per heavy atom. The first-order valence-corrected chi connectivity index (χ1v) is 24.9. The summed E-state index contributed by atoms with van der Waals surface area (Å²) in [7, 11) is 0. The molecule has 1 heteroatoms. The van der Waals surface area contributed by atoms with Crippen LogP contribution in [-0.2, 0) is 16.5 Å². The van der Waals surface area contributed by atoms with E-state index in [4.69, 9.17) is 13.2 Å². The molecule has 0 N–H and O–H groups in total. The molecule has 0 aromatic heterocycles. The fourth-order valence-corrected chi connectivity index (χ4v) is 7.74. The third-order valence-corrected chi connectivity index (χ3v) is 11.4. The maximum absolute atomic E-state index is 5.39. The van der Waals surface area contributed by atoms with Crippen molar-refractivity contribution in [3.05, 3.63) is 25.3 Å². The van der Waals surface area contributed by atoms with Gasteiger partial charge in [-0.2, -0.15) is 0 Å². The topological polar surface area (TPSA) is 0 Å². The minimum absolute atomic E-state index is 0. The molecule has 0 nitrogen and oxygen atoms in total. The largest absolute Gasteiger partial charge is 2.00 e. The van der Waals surface area contributed by atoms with Crippen LogP contribution in [0.3, 0.4) is 0 Å². The molecule has 0 rings (SSSR count). The van der Waals surface area contributed by atoms with E-state index in [1.54, 1.807) is 12.2 Å². The Balaban J connectivity index is -0.000000926. The second-order valence-electron chi connectivity index (χ2n) is 16.9. The second kappa shape index (κ2) is 58.7. The Bertz CT molecular complexity index is 544. The van der Waals surface area contributed by atoms with Crippen LogP contribution in [0.4, 0.5) is 0 Å². The van der Waals surface area contributed by atoms with E-state index in [0.717, 1.165) is 12.8 Å². The molecule has 0 radical (unpaired) electrons. The zero-order valence-corrected chi connectivity index (χ0v) is 38.1. The van der Waals surface area contributed by atoms with Gasteiger partial charge in [0.2, 0.25) is 0 Å². The molecule has 0 spiro atoms. The number of unbranched alkanes of at least 4 members (excludes halogenated alkanes) is 44. The summed E-state index contributed by atoms with van der Waals surface area (Å²) in [5.74, 6) is 0. The molecular formula is C52H102Ni. The maximum atomic E-state index is 5.39. The van der Waals surface area contributed by atoms with Gasteiger partial charge in [-0.25, -0.2) is 0 Å². The van der Waals surface area contributed by atoms with E-state index in [1.807, 2.05) is 0 Å². The first-order chi connectivity index (χ1) is 25.8. The fourth-order valence-electron chi connectivity index (χ4n) is 7.74. The summed E-state index contributed by atoms with van der Waals surface area (Å²) in [5, 5.41) is 0. The number of allylic oxidation sites excluding steroid dienone is 2. The first kappa shape index (κ1) is 57.3. The smallest absolute Gasteiger partial charge is 0.518 e. The second-order valence-corrected chi connectivity index (χ2v) is 16.9. The summed E-state index contributed by atoms with van der Waals surface area (Å²) in [6, 6.07) is 0. The Kier molecular flexibility index (Phi) is 63.4. The van der Waals surface area contributed by atoms with E-state index in [9.17, 15) is 0 Å². The van der Waals surface area contributed by atoms with Gasteiger partial charge in [-0.15, -0.1) is 0 Å². The van der Waals surface area contributed by atoms with Crippen molar-refractivity contribution >= 4 is 0 Å². The van der Waals surface area contributed by atoms with Gasteiger partial charge in [0.1, 0.15) is 0 Å². The number of hydrogen-bond acceptors (Lipinski definition) is 0. The predicted octanol–water partition coefficient (Wildman–Crippen LogP) is 19.9. The minimum atomic E-state index is 0. The van der Waals surface area contributed by atoms with E-state index in [-0.39, 0.29) is 16.5 Å². The minimum Gasteiger partial charge on any atom is -0.518 e. The number of rotatable bonds is 46. The average Bonchev–Trinajstić information content (AvgIpc) is 3.16. The molecule has 0 aromatic rings. The van der Waals surface area contributed by atoms with Crippen molar-refractivity contribution in [3.8, 4) is 0 Å². The normalized spacial score (nSPS) is 10.9. The third-order valence-electron chi connectivity index (χ3n) is 11.4. The van der Waals surface area contributed by atoms with E-state index in [2.05, 4.69) is 13.8 Å². The summed E-state index contributed by atoms with van der Waals surface area (Å²) in [6.45, 7) is 15.4. The molecule has 53 heavy (non-hydrogen) atoms. The van der Waals surface area contributed by atoms with Crippen molar-refractivity contribution in [1.29, 1.82) is 0 Å². The Morgan fingerprint density at radius 3 is 0.434 bits per heavy atom. The zero-order valence-electron chi connectivity index (χ0n) is 37.2. The summed E-state index contributed by atoms with van der Waals surface area (Å²) < 4.78 is 0. The molecule has 0 heterocycles. The predicted molar refractivity (Wildman–Crippen MR) is 241 cm³/mol. The fraction of sp³-hybridized carbons (Fsp3) is 0.923. The van der Waals surface area contributed by atoms with Crippen LogP contribution in [0.1, 0.15) is 309 Å². The summed E-state index contributed by atoms with van der Waals surface area (Å²) >= 11 is 0. The SMILES string of the molecule is [CH-]=CCCCCCCCCCCCCCCCCCCCCCCCC.[CH-]=CCCCCCCCCCCCCCCCCCCCCCCCC.[Ni+2]. The van der Waals surface area contributed by atoms with Gasteiger partial charge < -0.3 is 13.2 Å². The molecule has 0 unspecified atom stereocenters. The molecule has 0 aliphatic carbocycles. The van der Waals surface area contributed by atoms with Gasteiger partial charge in [0, 0.05) is 0 Å². The van der Waals surface area contributed by atoms with Crippen LogP contribution >= 0.6 is 0 Å². The van der Waals surface area contributed by atoms with Gasteiger partial charge in [0.15, 0.2) is 0 Å². The Hall–Kier alpha value is -0.0265. The maximum Gasteiger partial charge on any atom is 2.00 e. The van der Waals surface area contributed by atoms with Gasteiger partial charge in [-0.3, -0.25) is 12.2 Å². The van der Waals surface area contributed by atoms with E-state index in [1.165, 1.54) is 283 Å². The monoisotopic (exact) mass is 785 g/mol. The van der Waals surface area contributed by atoms with Crippen LogP contribution in [0, 0.1) is 13.2 Å². The standard InChI is InChI=1S/2C26H51.Ni/c2*1-3-5-7-9-11-13-15-17-19-21-23-25-26-24-22-20-18-16-14-12-10-8-6-4-2;/h2*1,3H,4-26H2,2H3;/q2*-1;+2. The summed E-state index contributed by atoms with van der Waals surface area (Å²) in [6.07, 6.45) is 69.6. The van der Waals surface area contributed by atoms with Crippen LogP contribution in [-0.4, -0.2) is 0 Å². The van der Waals surface area contributed by atoms with Gasteiger partial charge in [0.05, 0.1) is 0 Å². The quantitative estimate of drug-likeness (QED) is 0.0328. The van der Waals surface area contributed by atoms with E-state index in [0.29, 0.717) is 0 Å². The van der Waals surface area contributed by atoms with Crippen LogP contribution in [0.15, 0.2) is 12.2 Å². The van der Waals surface area contributed by atoms with Crippen molar-refractivity contribution < 1.29 is 16.5 Å². The molecule has 0 aliphatic rings. The third kappa shape index (κ3) is 61.4. The van der Waals surface area contributed by atoms with Crippen LogP contribution in [0.5, 0.6) is 0 Å². The summed E-state index contributed by atoms with van der Waals surface area (Å²) in [4.78, 5) is 0. The van der Waals surface area contributed by atoms with Gasteiger partial charge in [-0.05, 0) is 0 Å². The molecule has 0 fully saturated rings. The van der Waals surface area contributed by atoms with Crippen molar-refractivity contribution in [2.24, 2.45) is 0 Å².